The first-order valence-electron chi connectivity index (χ1n) is 11.4. The van der Waals surface area contributed by atoms with Crippen LogP contribution in [0.5, 0.6) is 0 Å². The zero-order valence-electron chi connectivity index (χ0n) is 19.8. The van der Waals surface area contributed by atoms with Crippen LogP contribution >= 0.6 is 0 Å². The largest absolute Gasteiger partial charge is 0.463 e. The summed E-state index contributed by atoms with van der Waals surface area (Å²) in [5.74, 6) is 1.03. The Hall–Kier alpha value is -4.34. The highest BCUT2D eigenvalue weighted by Crippen LogP contribution is 2.28. The van der Waals surface area contributed by atoms with Crippen molar-refractivity contribution in [3.63, 3.8) is 0 Å². The van der Waals surface area contributed by atoms with Gasteiger partial charge in [-0.15, -0.1) is 0 Å². The number of rotatable bonds is 7. The van der Waals surface area contributed by atoms with E-state index in [4.69, 9.17) is 13.9 Å². The van der Waals surface area contributed by atoms with Crippen LogP contribution in [0.1, 0.15) is 56.0 Å². The van der Waals surface area contributed by atoms with E-state index < -0.39 is 6.04 Å². The van der Waals surface area contributed by atoms with Crippen molar-refractivity contribution in [2.75, 3.05) is 0 Å². The van der Waals surface area contributed by atoms with Gasteiger partial charge in [-0.3, -0.25) is 9.78 Å². The molecule has 10 heteroatoms. The Kier molecular flexibility index (Phi) is 5.86. The van der Waals surface area contributed by atoms with Crippen molar-refractivity contribution >= 4 is 16.9 Å². The van der Waals surface area contributed by atoms with Crippen LogP contribution in [0.25, 0.3) is 33.9 Å². The third-order valence-corrected chi connectivity index (χ3v) is 5.67. The Bertz CT molecular complexity index is 1450. The predicted molar refractivity (Wildman–Crippen MR) is 128 cm³/mol. The minimum Gasteiger partial charge on any atom is -0.463 e. The maximum atomic E-state index is 13.6. The molecule has 0 saturated carbocycles. The molecule has 1 N–H and O–H groups in total. The average Bonchev–Trinajstić information content (AvgIpc) is 3.62. The molecule has 5 aromatic heterocycles. The summed E-state index contributed by atoms with van der Waals surface area (Å²) in [4.78, 5) is 26.9. The second-order valence-corrected chi connectivity index (χ2v) is 8.84. The molecule has 5 aromatic rings. The fraction of sp³-hybridized carbons (Fsp3) is 0.280. The molecule has 0 aliphatic heterocycles. The number of furan rings is 1. The fourth-order valence-electron chi connectivity index (χ4n) is 3.85. The van der Waals surface area contributed by atoms with E-state index in [0.717, 1.165) is 5.56 Å². The van der Waals surface area contributed by atoms with Gasteiger partial charge in [0.1, 0.15) is 11.7 Å². The van der Waals surface area contributed by atoms with Crippen molar-refractivity contribution in [3.05, 3.63) is 66.6 Å². The first kappa shape index (κ1) is 22.5. The van der Waals surface area contributed by atoms with Crippen LogP contribution in [0, 0.1) is 5.92 Å². The van der Waals surface area contributed by atoms with Gasteiger partial charge in [0.25, 0.3) is 5.91 Å². The van der Waals surface area contributed by atoms with Gasteiger partial charge in [-0.05, 0) is 50.1 Å². The molecular weight excluding hydrogens is 446 g/mol. The van der Waals surface area contributed by atoms with E-state index in [-0.39, 0.29) is 17.9 Å². The van der Waals surface area contributed by atoms with E-state index in [2.05, 4.69) is 25.5 Å². The number of aromatic nitrogens is 6. The summed E-state index contributed by atoms with van der Waals surface area (Å²) in [7, 11) is 0. The first-order chi connectivity index (χ1) is 16.9. The maximum Gasteiger partial charge on any atom is 0.252 e. The number of hydrogen-bond acceptors (Lipinski definition) is 8. The number of carbonyl (C=O) groups excluding carboxylic acids is 1. The number of carbonyl (C=O) groups is 1. The fourth-order valence-corrected chi connectivity index (χ4v) is 3.85. The molecule has 0 aromatic carbocycles. The SMILES string of the molecule is CC(C)C(NC(=O)c1cc(-c2ccco2)nc2c1cnn2C(C)C)c1nc(-c2ccncc2)no1. The standard InChI is InChI=1S/C25H25N7O3/c1-14(2)21(25-30-22(31-35-25)16-7-9-26-10-8-16)29-24(33)17-12-19(20-6-5-11-34-20)28-23-18(17)13-27-32(23)15(3)4/h5-15,21H,1-4H3,(H,29,33). The van der Waals surface area contributed by atoms with Gasteiger partial charge in [0.2, 0.25) is 11.7 Å². The van der Waals surface area contributed by atoms with Gasteiger partial charge in [-0.25, -0.2) is 9.67 Å². The van der Waals surface area contributed by atoms with E-state index in [0.29, 0.717) is 39.8 Å². The molecule has 1 unspecified atom stereocenters. The Morgan fingerprint density at radius 3 is 2.57 bits per heavy atom. The second-order valence-electron chi connectivity index (χ2n) is 8.84. The minimum absolute atomic E-state index is 0.00931. The zero-order chi connectivity index (χ0) is 24.5. The van der Waals surface area contributed by atoms with Crippen LogP contribution in [-0.4, -0.2) is 35.8 Å². The lowest BCUT2D eigenvalue weighted by Gasteiger charge is -2.19. The number of nitrogens with one attached hydrogen (secondary N) is 1. The van der Waals surface area contributed by atoms with Crippen LogP contribution < -0.4 is 5.32 Å². The average molecular weight is 472 g/mol. The van der Waals surface area contributed by atoms with Crippen molar-refractivity contribution in [1.29, 1.82) is 0 Å². The normalized spacial score (nSPS) is 12.5. The zero-order valence-corrected chi connectivity index (χ0v) is 19.8. The lowest BCUT2D eigenvalue weighted by molar-refractivity contribution is 0.0915. The smallest absolute Gasteiger partial charge is 0.252 e. The molecule has 0 bridgehead atoms. The van der Waals surface area contributed by atoms with Gasteiger partial charge < -0.3 is 14.3 Å². The first-order valence-corrected chi connectivity index (χ1v) is 11.4. The summed E-state index contributed by atoms with van der Waals surface area (Å²) in [6.45, 7) is 7.99. The highest BCUT2D eigenvalue weighted by Gasteiger charge is 2.27. The van der Waals surface area contributed by atoms with Crippen LogP contribution in [-0.2, 0) is 0 Å². The number of nitrogens with zero attached hydrogens (tertiary/aromatic N) is 6. The molecule has 1 amide bonds. The minimum atomic E-state index is -0.499. The van der Waals surface area contributed by atoms with E-state index in [9.17, 15) is 4.79 Å². The predicted octanol–water partition coefficient (Wildman–Crippen LogP) is 4.84. The third kappa shape index (κ3) is 4.30. The van der Waals surface area contributed by atoms with E-state index in [1.54, 1.807) is 53.8 Å². The number of amides is 1. The molecule has 0 aliphatic carbocycles. The summed E-state index contributed by atoms with van der Waals surface area (Å²) < 4.78 is 12.9. The molecule has 0 spiro atoms. The Balaban J connectivity index is 1.52. The molecule has 35 heavy (non-hydrogen) atoms. The van der Waals surface area contributed by atoms with Crippen molar-refractivity contribution in [2.45, 2.75) is 39.8 Å². The summed E-state index contributed by atoms with van der Waals surface area (Å²) in [6, 6.07) is 8.48. The van der Waals surface area contributed by atoms with Crippen molar-refractivity contribution in [1.82, 2.24) is 35.2 Å². The van der Waals surface area contributed by atoms with Gasteiger partial charge in [0.05, 0.1) is 23.4 Å². The Morgan fingerprint density at radius 2 is 1.89 bits per heavy atom. The third-order valence-electron chi connectivity index (χ3n) is 5.67. The molecule has 10 nitrogen and oxygen atoms in total. The number of pyridine rings is 2. The number of hydrogen-bond donors (Lipinski definition) is 1. The molecule has 0 aliphatic rings. The molecule has 0 fully saturated rings. The van der Waals surface area contributed by atoms with Crippen molar-refractivity contribution < 1.29 is 13.7 Å². The van der Waals surface area contributed by atoms with Gasteiger partial charge in [0, 0.05) is 24.0 Å². The lowest BCUT2D eigenvalue weighted by Crippen LogP contribution is -2.32. The Labute approximate surface area is 201 Å². The van der Waals surface area contributed by atoms with E-state index in [1.807, 2.05) is 33.8 Å². The van der Waals surface area contributed by atoms with Crippen molar-refractivity contribution in [3.8, 4) is 22.8 Å². The van der Waals surface area contributed by atoms with Gasteiger partial charge in [-0.2, -0.15) is 10.1 Å². The summed E-state index contributed by atoms with van der Waals surface area (Å²) >= 11 is 0. The van der Waals surface area contributed by atoms with Crippen molar-refractivity contribution in [2.24, 2.45) is 5.92 Å². The van der Waals surface area contributed by atoms with Gasteiger partial charge >= 0.3 is 0 Å². The van der Waals surface area contributed by atoms with E-state index >= 15 is 0 Å². The molecule has 178 valence electrons. The second kappa shape index (κ2) is 9.13. The van der Waals surface area contributed by atoms with Crippen LogP contribution in [0.2, 0.25) is 0 Å². The van der Waals surface area contributed by atoms with Crippen LogP contribution in [0.15, 0.2) is 64.1 Å². The molecule has 0 saturated heterocycles. The Morgan fingerprint density at radius 1 is 1.09 bits per heavy atom. The molecule has 5 heterocycles. The number of fused-ring (bicyclic) bond motifs is 1. The van der Waals surface area contributed by atoms with E-state index in [1.165, 1.54) is 0 Å². The van der Waals surface area contributed by atoms with Gasteiger partial charge in [-0.1, -0.05) is 19.0 Å². The highest BCUT2D eigenvalue weighted by molar-refractivity contribution is 6.06. The monoisotopic (exact) mass is 471 g/mol. The lowest BCUT2D eigenvalue weighted by atomic mass is 10.0. The van der Waals surface area contributed by atoms with Crippen LogP contribution in [0.4, 0.5) is 0 Å². The molecule has 0 radical (unpaired) electrons. The molecular formula is C25H25N7O3. The highest BCUT2D eigenvalue weighted by atomic mass is 16.5. The topological polar surface area (TPSA) is 125 Å². The molecule has 5 rings (SSSR count). The van der Waals surface area contributed by atoms with Gasteiger partial charge in [0.15, 0.2) is 11.4 Å². The quantitative estimate of drug-likeness (QED) is 0.357. The maximum absolute atomic E-state index is 13.6. The summed E-state index contributed by atoms with van der Waals surface area (Å²) in [5, 5.41) is 12.3. The summed E-state index contributed by atoms with van der Waals surface area (Å²) in [6.07, 6.45) is 6.57. The summed E-state index contributed by atoms with van der Waals surface area (Å²) in [5.41, 5.74) is 2.38. The van der Waals surface area contributed by atoms with Crippen LogP contribution in [0.3, 0.4) is 0 Å². The molecule has 1 atom stereocenters.